The SMILES string of the molecule is O=CN1CCN(C(=O)c2cc(C(=O)N3CCC4(CC3)OCCO4)ccn2)CC1. The number of amides is 3. The molecule has 1 spiro atoms. The molecule has 3 saturated heterocycles. The molecule has 4 rings (SSSR count). The van der Waals surface area contributed by atoms with Crippen molar-refractivity contribution in [2.45, 2.75) is 18.6 Å². The highest BCUT2D eigenvalue weighted by atomic mass is 16.7. The maximum atomic E-state index is 12.9. The summed E-state index contributed by atoms with van der Waals surface area (Å²) in [5, 5.41) is 0. The van der Waals surface area contributed by atoms with E-state index in [-0.39, 0.29) is 17.5 Å². The fraction of sp³-hybridized carbons (Fsp3) is 0.579. The number of ether oxygens (including phenoxy) is 2. The summed E-state index contributed by atoms with van der Waals surface area (Å²) in [6.45, 7) is 4.25. The molecule has 0 unspecified atom stereocenters. The summed E-state index contributed by atoms with van der Waals surface area (Å²) in [7, 11) is 0. The molecule has 3 aliphatic rings. The molecule has 0 bridgehead atoms. The Morgan fingerprint density at radius 1 is 0.964 bits per heavy atom. The molecule has 9 nitrogen and oxygen atoms in total. The fourth-order valence-electron chi connectivity index (χ4n) is 3.89. The van der Waals surface area contributed by atoms with Crippen molar-refractivity contribution in [3.05, 3.63) is 29.6 Å². The Morgan fingerprint density at radius 2 is 1.61 bits per heavy atom. The normalized spacial score (nSPS) is 21.8. The molecule has 9 heteroatoms. The van der Waals surface area contributed by atoms with E-state index in [1.165, 1.54) is 6.20 Å². The molecule has 150 valence electrons. The lowest BCUT2D eigenvalue weighted by atomic mass is 10.0. The molecule has 0 aromatic carbocycles. The Balaban J connectivity index is 1.40. The van der Waals surface area contributed by atoms with Gasteiger partial charge in [0.15, 0.2) is 5.79 Å². The van der Waals surface area contributed by atoms with E-state index >= 15 is 0 Å². The van der Waals surface area contributed by atoms with Crippen LogP contribution in [-0.2, 0) is 14.3 Å². The molecular formula is C19H24N4O5. The van der Waals surface area contributed by atoms with Gasteiger partial charge in [0.2, 0.25) is 6.41 Å². The molecule has 3 amide bonds. The van der Waals surface area contributed by atoms with Gasteiger partial charge in [-0.15, -0.1) is 0 Å². The van der Waals surface area contributed by atoms with Gasteiger partial charge in [-0.1, -0.05) is 0 Å². The number of aromatic nitrogens is 1. The summed E-state index contributed by atoms with van der Waals surface area (Å²) in [4.78, 5) is 45.6. The summed E-state index contributed by atoms with van der Waals surface area (Å²) in [5.41, 5.74) is 0.704. The van der Waals surface area contributed by atoms with Crippen LogP contribution in [0.4, 0.5) is 0 Å². The molecule has 4 heterocycles. The second-order valence-electron chi connectivity index (χ2n) is 7.26. The van der Waals surface area contributed by atoms with Crippen LogP contribution in [0.1, 0.15) is 33.7 Å². The zero-order valence-electron chi connectivity index (χ0n) is 15.7. The number of carbonyl (C=O) groups excluding carboxylic acids is 3. The molecule has 0 atom stereocenters. The quantitative estimate of drug-likeness (QED) is 0.676. The highest BCUT2D eigenvalue weighted by Crippen LogP contribution is 2.31. The maximum absolute atomic E-state index is 12.9. The van der Waals surface area contributed by atoms with E-state index in [1.807, 2.05) is 0 Å². The van der Waals surface area contributed by atoms with E-state index < -0.39 is 5.79 Å². The van der Waals surface area contributed by atoms with E-state index in [4.69, 9.17) is 9.47 Å². The summed E-state index contributed by atoms with van der Waals surface area (Å²) < 4.78 is 11.4. The van der Waals surface area contributed by atoms with E-state index in [9.17, 15) is 14.4 Å². The molecule has 0 aliphatic carbocycles. The molecule has 1 aromatic rings. The molecule has 0 N–H and O–H groups in total. The molecule has 0 saturated carbocycles. The first-order valence-corrected chi connectivity index (χ1v) is 9.62. The van der Waals surface area contributed by atoms with Gasteiger partial charge in [0, 0.05) is 63.9 Å². The lowest BCUT2D eigenvalue weighted by Crippen LogP contribution is -2.48. The first-order valence-electron chi connectivity index (χ1n) is 9.62. The van der Waals surface area contributed by atoms with Crippen LogP contribution >= 0.6 is 0 Å². The summed E-state index contributed by atoms with van der Waals surface area (Å²) in [6, 6.07) is 3.19. The van der Waals surface area contributed by atoms with Crippen LogP contribution in [0.2, 0.25) is 0 Å². The molecule has 28 heavy (non-hydrogen) atoms. The Morgan fingerprint density at radius 3 is 2.25 bits per heavy atom. The second kappa shape index (κ2) is 7.84. The number of piperazine rings is 1. The topological polar surface area (TPSA) is 92.3 Å². The first kappa shape index (κ1) is 18.8. The Labute approximate surface area is 163 Å². The van der Waals surface area contributed by atoms with Crippen LogP contribution in [0.25, 0.3) is 0 Å². The molecule has 3 fully saturated rings. The van der Waals surface area contributed by atoms with Crippen molar-refractivity contribution in [3.63, 3.8) is 0 Å². The van der Waals surface area contributed by atoms with Crippen molar-refractivity contribution in [1.29, 1.82) is 0 Å². The van der Waals surface area contributed by atoms with Gasteiger partial charge in [0.25, 0.3) is 11.8 Å². The second-order valence-corrected chi connectivity index (χ2v) is 7.26. The minimum Gasteiger partial charge on any atom is -0.347 e. The van der Waals surface area contributed by atoms with Crippen LogP contribution in [-0.4, -0.2) is 96.2 Å². The van der Waals surface area contributed by atoms with Gasteiger partial charge in [-0.2, -0.15) is 0 Å². The highest BCUT2D eigenvalue weighted by Gasteiger charge is 2.41. The van der Waals surface area contributed by atoms with Gasteiger partial charge in [0.1, 0.15) is 5.69 Å². The monoisotopic (exact) mass is 388 g/mol. The summed E-state index contributed by atoms with van der Waals surface area (Å²) >= 11 is 0. The lowest BCUT2D eigenvalue weighted by molar-refractivity contribution is -0.181. The van der Waals surface area contributed by atoms with Gasteiger partial charge in [0.05, 0.1) is 13.2 Å². The smallest absolute Gasteiger partial charge is 0.272 e. The van der Waals surface area contributed by atoms with Crippen molar-refractivity contribution in [1.82, 2.24) is 19.7 Å². The van der Waals surface area contributed by atoms with Gasteiger partial charge in [-0.05, 0) is 12.1 Å². The van der Waals surface area contributed by atoms with Crippen LogP contribution in [0.5, 0.6) is 0 Å². The Kier molecular flexibility index (Phi) is 5.27. The third kappa shape index (κ3) is 3.72. The van der Waals surface area contributed by atoms with Gasteiger partial charge in [-0.25, -0.2) is 0 Å². The third-order valence-electron chi connectivity index (χ3n) is 5.60. The van der Waals surface area contributed by atoms with Gasteiger partial charge in [-0.3, -0.25) is 19.4 Å². The molecule has 0 radical (unpaired) electrons. The fourth-order valence-corrected chi connectivity index (χ4v) is 3.89. The zero-order valence-corrected chi connectivity index (χ0v) is 15.7. The Bertz CT molecular complexity index is 746. The largest absolute Gasteiger partial charge is 0.347 e. The van der Waals surface area contributed by atoms with E-state index in [0.29, 0.717) is 70.9 Å². The average molecular weight is 388 g/mol. The van der Waals surface area contributed by atoms with E-state index in [2.05, 4.69) is 4.98 Å². The molecule has 3 aliphatic heterocycles. The summed E-state index contributed by atoms with van der Waals surface area (Å²) in [6.07, 6.45) is 3.59. The zero-order chi connectivity index (χ0) is 19.6. The summed E-state index contributed by atoms with van der Waals surface area (Å²) in [5.74, 6) is -0.861. The molecule has 1 aromatic heterocycles. The number of hydrogen-bond acceptors (Lipinski definition) is 6. The number of piperidine rings is 1. The van der Waals surface area contributed by atoms with Crippen LogP contribution in [0, 0.1) is 0 Å². The predicted molar refractivity (Wildman–Crippen MR) is 97.6 cm³/mol. The number of likely N-dealkylation sites (tertiary alicyclic amines) is 1. The van der Waals surface area contributed by atoms with Gasteiger partial charge >= 0.3 is 0 Å². The third-order valence-corrected chi connectivity index (χ3v) is 5.60. The minimum atomic E-state index is -0.528. The number of rotatable bonds is 3. The number of hydrogen-bond donors (Lipinski definition) is 0. The Hall–Kier alpha value is -2.52. The maximum Gasteiger partial charge on any atom is 0.272 e. The van der Waals surface area contributed by atoms with Crippen molar-refractivity contribution in [2.75, 3.05) is 52.5 Å². The minimum absolute atomic E-state index is 0.116. The van der Waals surface area contributed by atoms with Crippen molar-refractivity contribution < 1.29 is 23.9 Å². The van der Waals surface area contributed by atoms with Crippen molar-refractivity contribution in [3.8, 4) is 0 Å². The average Bonchev–Trinajstić information content (AvgIpc) is 3.21. The molecular weight excluding hydrogens is 364 g/mol. The lowest BCUT2D eigenvalue weighted by Gasteiger charge is -2.37. The van der Waals surface area contributed by atoms with Crippen molar-refractivity contribution in [2.24, 2.45) is 0 Å². The van der Waals surface area contributed by atoms with Crippen molar-refractivity contribution >= 4 is 18.2 Å². The van der Waals surface area contributed by atoms with Crippen LogP contribution in [0.15, 0.2) is 18.3 Å². The number of pyridine rings is 1. The van der Waals surface area contributed by atoms with E-state index in [0.717, 1.165) is 6.41 Å². The number of carbonyl (C=O) groups is 3. The number of nitrogens with zero attached hydrogens (tertiary/aromatic N) is 4. The van der Waals surface area contributed by atoms with Crippen LogP contribution in [0.3, 0.4) is 0 Å². The highest BCUT2D eigenvalue weighted by molar-refractivity contribution is 5.98. The van der Waals surface area contributed by atoms with Gasteiger partial charge < -0.3 is 24.2 Å². The predicted octanol–water partition coefficient (Wildman–Crippen LogP) is -0.0251. The van der Waals surface area contributed by atoms with E-state index in [1.54, 1.807) is 26.8 Å². The standard InChI is InChI=1S/C19H24N4O5/c24-14-21-7-9-23(10-8-21)18(26)16-13-15(1-4-20-16)17(25)22-5-2-19(3-6-22)27-11-12-28-19/h1,4,13-14H,2-3,5-12H2. The first-order chi connectivity index (χ1) is 13.6. The van der Waals surface area contributed by atoms with Crippen LogP contribution < -0.4 is 0 Å².